The third-order valence-electron chi connectivity index (χ3n) is 6.38. The van der Waals surface area contributed by atoms with Crippen molar-refractivity contribution in [1.29, 1.82) is 0 Å². The second kappa shape index (κ2) is 13.9. The number of phenols is 2. The molecule has 37 heavy (non-hydrogen) atoms. The average Bonchev–Trinajstić information content (AvgIpc) is 2.87. The molecular formula is C25H34N2O10. The molecule has 0 spiro atoms. The molecule has 204 valence electrons. The molecule has 0 radical (unpaired) electrons. The minimum Gasteiger partial charge on any atom is -0.507 e. The number of rotatable bonds is 15. The second-order valence-corrected chi connectivity index (χ2v) is 8.65. The highest BCUT2D eigenvalue weighted by atomic mass is 16.4. The van der Waals surface area contributed by atoms with E-state index in [0.29, 0.717) is 0 Å². The van der Waals surface area contributed by atoms with Gasteiger partial charge >= 0.3 is 11.9 Å². The summed E-state index contributed by atoms with van der Waals surface area (Å²) < 4.78 is 0. The van der Waals surface area contributed by atoms with E-state index < -0.39 is 63.0 Å². The Morgan fingerprint density at radius 1 is 0.757 bits per heavy atom. The van der Waals surface area contributed by atoms with E-state index in [-0.39, 0.29) is 46.8 Å². The van der Waals surface area contributed by atoms with Gasteiger partial charge in [-0.15, -0.1) is 0 Å². The maximum Gasteiger partial charge on any atom is 0.320 e. The maximum absolute atomic E-state index is 12.0. The predicted octanol–water partition coefficient (Wildman–Crippen LogP) is -0.334. The highest BCUT2D eigenvalue weighted by Gasteiger charge is 2.37. The van der Waals surface area contributed by atoms with Crippen molar-refractivity contribution < 1.29 is 50.4 Å². The molecule has 8 N–H and O–H groups in total. The van der Waals surface area contributed by atoms with Gasteiger partial charge in [0.05, 0.1) is 45.1 Å². The number of carboxylic acids is 2. The van der Waals surface area contributed by atoms with Crippen molar-refractivity contribution in [2.24, 2.45) is 0 Å². The van der Waals surface area contributed by atoms with Gasteiger partial charge in [-0.25, -0.2) is 0 Å². The summed E-state index contributed by atoms with van der Waals surface area (Å²) in [5.74, 6) is -3.03. The zero-order chi connectivity index (χ0) is 27.7. The van der Waals surface area contributed by atoms with Gasteiger partial charge < -0.3 is 40.9 Å². The molecular weight excluding hydrogens is 488 g/mol. The van der Waals surface area contributed by atoms with Crippen LogP contribution in [0.3, 0.4) is 0 Å². The Bertz CT molecular complexity index is 1060. The minimum absolute atomic E-state index is 0.200. The van der Waals surface area contributed by atoms with Gasteiger partial charge in [0.25, 0.3) is 0 Å². The summed E-state index contributed by atoms with van der Waals surface area (Å²) in [5.41, 5.74) is 0.945. The molecule has 3 atom stereocenters. The van der Waals surface area contributed by atoms with E-state index >= 15 is 0 Å². The van der Waals surface area contributed by atoms with Gasteiger partial charge in [-0.2, -0.15) is 0 Å². The number of carbonyl (C=O) groups is 2. The molecule has 12 nitrogen and oxygen atoms in total. The number of aliphatic carboxylic acids is 2. The van der Waals surface area contributed by atoms with Crippen LogP contribution < -0.4 is 0 Å². The van der Waals surface area contributed by atoms with Crippen molar-refractivity contribution >= 4 is 11.9 Å². The largest absolute Gasteiger partial charge is 0.507 e. The molecule has 0 amide bonds. The minimum atomic E-state index is -1.26. The van der Waals surface area contributed by atoms with E-state index in [0.717, 1.165) is 0 Å². The highest BCUT2D eigenvalue weighted by Crippen LogP contribution is 2.29. The lowest BCUT2D eigenvalue weighted by molar-refractivity contribution is -0.147. The van der Waals surface area contributed by atoms with Crippen LogP contribution >= 0.6 is 0 Å². The fourth-order valence-corrected chi connectivity index (χ4v) is 4.29. The van der Waals surface area contributed by atoms with Crippen LogP contribution in [-0.4, -0.2) is 100 Å². The normalized spacial score (nSPS) is 14.0. The Labute approximate surface area is 213 Å². The average molecular weight is 523 g/mol. The molecule has 2 rings (SSSR count). The summed E-state index contributed by atoms with van der Waals surface area (Å²) in [7, 11) is 0. The van der Waals surface area contributed by atoms with Crippen LogP contribution in [0.1, 0.15) is 29.2 Å². The van der Waals surface area contributed by atoms with Gasteiger partial charge in [-0.3, -0.25) is 19.4 Å². The summed E-state index contributed by atoms with van der Waals surface area (Å²) in [6.45, 7) is -1.95. The van der Waals surface area contributed by atoms with E-state index in [1.165, 1.54) is 41.0 Å². The molecule has 12 heteroatoms. The summed E-state index contributed by atoms with van der Waals surface area (Å²) in [4.78, 5) is 26.3. The van der Waals surface area contributed by atoms with Gasteiger partial charge in [0, 0.05) is 35.3 Å². The van der Waals surface area contributed by atoms with Crippen molar-refractivity contribution in [3.8, 4) is 11.5 Å². The summed E-state index contributed by atoms with van der Waals surface area (Å²) in [6.07, 6.45) is 0. The Hall–Kier alpha value is -3.26. The SMILES string of the molecule is C[C@H](C(=O)O)N(Cc1cccc(CO)c1O)C(CO)C(CO)N(CC(=O)O)Cc1cccc(CO)c1O. The molecule has 0 saturated carbocycles. The molecule has 0 bridgehead atoms. The van der Waals surface area contributed by atoms with E-state index in [1.807, 2.05) is 0 Å². The first-order valence-corrected chi connectivity index (χ1v) is 11.6. The van der Waals surface area contributed by atoms with E-state index in [4.69, 9.17) is 0 Å². The zero-order valence-electron chi connectivity index (χ0n) is 20.4. The lowest BCUT2D eigenvalue weighted by Crippen LogP contribution is -2.59. The molecule has 0 aliphatic carbocycles. The lowest BCUT2D eigenvalue weighted by Gasteiger charge is -2.42. The van der Waals surface area contributed by atoms with Crippen LogP contribution in [0.25, 0.3) is 0 Å². The van der Waals surface area contributed by atoms with Crippen molar-refractivity contribution in [2.45, 2.75) is 51.4 Å². The number of hydrogen-bond donors (Lipinski definition) is 8. The third kappa shape index (κ3) is 7.38. The molecule has 2 aromatic rings. The Morgan fingerprint density at radius 3 is 1.62 bits per heavy atom. The highest BCUT2D eigenvalue weighted by molar-refractivity contribution is 5.73. The number of para-hydroxylation sites is 2. The Kier molecular flexibility index (Phi) is 11.2. The summed E-state index contributed by atoms with van der Waals surface area (Å²) >= 11 is 0. The first kappa shape index (κ1) is 30.0. The zero-order valence-corrected chi connectivity index (χ0v) is 20.4. The van der Waals surface area contributed by atoms with Crippen molar-refractivity contribution in [3.63, 3.8) is 0 Å². The number of hydrogen-bond acceptors (Lipinski definition) is 10. The molecule has 2 unspecified atom stereocenters. The molecule has 0 heterocycles. The fourth-order valence-electron chi connectivity index (χ4n) is 4.29. The monoisotopic (exact) mass is 522 g/mol. The summed E-state index contributed by atoms with van der Waals surface area (Å²) in [6, 6.07) is 5.66. The third-order valence-corrected chi connectivity index (χ3v) is 6.38. The number of benzene rings is 2. The van der Waals surface area contributed by atoms with Gasteiger partial charge in [0.2, 0.25) is 0 Å². The first-order valence-electron chi connectivity index (χ1n) is 11.6. The number of aromatic hydroxyl groups is 2. The quantitative estimate of drug-likeness (QED) is 0.151. The van der Waals surface area contributed by atoms with Gasteiger partial charge in [-0.05, 0) is 6.92 Å². The fraction of sp³-hybridized carbons (Fsp3) is 0.440. The summed E-state index contributed by atoms with van der Waals surface area (Å²) in [5, 5.41) is 79.9. The Morgan fingerprint density at radius 2 is 1.22 bits per heavy atom. The van der Waals surface area contributed by atoms with Crippen LogP contribution in [0.2, 0.25) is 0 Å². The number of aliphatic hydroxyl groups is 4. The van der Waals surface area contributed by atoms with E-state index in [2.05, 4.69) is 0 Å². The Balaban J connectivity index is 2.53. The second-order valence-electron chi connectivity index (χ2n) is 8.65. The van der Waals surface area contributed by atoms with E-state index in [1.54, 1.807) is 12.1 Å². The van der Waals surface area contributed by atoms with Crippen LogP contribution in [0, 0.1) is 0 Å². The van der Waals surface area contributed by atoms with Crippen LogP contribution in [0.15, 0.2) is 36.4 Å². The van der Waals surface area contributed by atoms with Crippen molar-refractivity contribution in [3.05, 3.63) is 58.7 Å². The van der Waals surface area contributed by atoms with Crippen LogP contribution in [-0.2, 0) is 35.9 Å². The van der Waals surface area contributed by atoms with Crippen molar-refractivity contribution in [2.75, 3.05) is 19.8 Å². The predicted molar refractivity (Wildman–Crippen MR) is 130 cm³/mol. The lowest BCUT2D eigenvalue weighted by atomic mass is 10.00. The molecule has 0 aliphatic rings. The molecule has 0 saturated heterocycles. The standard InChI is InChI=1S/C25H34N2O10/c1-15(25(36)37)27(9-17-5-3-7-19(12-29)24(17)35)21(14-31)20(13-30)26(10-22(32)33)8-16-4-2-6-18(11-28)23(16)34/h2-7,15,20-21,28-31,34-35H,8-14H2,1H3,(H,32,33)(H,36,37)/t15-,20?,21?/m1/s1. The van der Waals surface area contributed by atoms with Gasteiger partial charge in [0.1, 0.15) is 17.5 Å². The van der Waals surface area contributed by atoms with Crippen LogP contribution in [0.5, 0.6) is 11.5 Å². The van der Waals surface area contributed by atoms with Gasteiger partial charge in [0.15, 0.2) is 0 Å². The topological polar surface area (TPSA) is 202 Å². The molecule has 2 aromatic carbocycles. The molecule has 0 aliphatic heterocycles. The van der Waals surface area contributed by atoms with E-state index in [9.17, 15) is 50.4 Å². The molecule has 0 fully saturated rings. The van der Waals surface area contributed by atoms with Crippen molar-refractivity contribution in [1.82, 2.24) is 9.80 Å². The number of carboxylic acid groups (broad SMARTS) is 2. The maximum atomic E-state index is 12.0. The first-order chi connectivity index (χ1) is 17.6. The smallest absolute Gasteiger partial charge is 0.320 e. The number of aliphatic hydroxyl groups excluding tert-OH is 4. The van der Waals surface area contributed by atoms with Crippen LogP contribution in [0.4, 0.5) is 0 Å². The number of nitrogens with zero attached hydrogens (tertiary/aromatic N) is 2. The van der Waals surface area contributed by atoms with Gasteiger partial charge in [-0.1, -0.05) is 36.4 Å². The molecule has 0 aromatic heterocycles.